The molecule has 2 N–H and O–H groups in total. The summed E-state index contributed by atoms with van der Waals surface area (Å²) in [4.78, 5) is 20.0. The molecule has 0 bridgehead atoms. The lowest BCUT2D eigenvalue weighted by Gasteiger charge is -2.06. The Kier molecular flexibility index (Phi) is 6.01. The van der Waals surface area contributed by atoms with Crippen LogP contribution >= 0.6 is 23.4 Å². The summed E-state index contributed by atoms with van der Waals surface area (Å²) in [5.74, 6) is 0.192. The summed E-state index contributed by atoms with van der Waals surface area (Å²) in [6.45, 7) is 3.93. The van der Waals surface area contributed by atoms with Crippen LogP contribution in [-0.2, 0) is 11.2 Å². The van der Waals surface area contributed by atoms with Gasteiger partial charge in [0.1, 0.15) is 0 Å². The van der Waals surface area contributed by atoms with Gasteiger partial charge in [-0.1, -0.05) is 59.8 Å². The first-order valence-corrected chi connectivity index (χ1v) is 9.66. The number of nitrogens with zero attached hydrogens (tertiary/aromatic N) is 1. The van der Waals surface area contributed by atoms with Crippen LogP contribution < -0.4 is 5.32 Å². The molecule has 0 saturated carbocycles. The number of anilines is 1. The van der Waals surface area contributed by atoms with E-state index in [1.54, 1.807) is 6.07 Å². The van der Waals surface area contributed by atoms with E-state index < -0.39 is 0 Å². The van der Waals surface area contributed by atoms with Gasteiger partial charge >= 0.3 is 0 Å². The quantitative estimate of drug-likeness (QED) is 0.587. The van der Waals surface area contributed by atoms with Crippen molar-refractivity contribution >= 4 is 35.0 Å². The fourth-order valence-corrected chi connectivity index (χ4v) is 3.42. The van der Waals surface area contributed by atoms with Crippen LogP contribution in [0.25, 0.3) is 0 Å². The second kappa shape index (κ2) is 8.43. The van der Waals surface area contributed by atoms with E-state index in [4.69, 9.17) is 11.6 Å². The Morgan fingerprint density at radius 1 is 1.19 bits per heavy atom. The largest absolute Gasteiger partial charge is 0.337 e. The summed E-state index contributed by atoms with van der Waals surface area (Å²) >= 11 is 7.47. The van der Waals surface area contributed by atoms with Gasteiger partial charge in [0.15, 0.2) is 5.16 Å². The molecule has 3 aromatic rings. The van der Waals surface area contributed by atoms with Crippen molar-refractivity contribution in [2.24, 2.45) is 0 Å². The third kappa shape index (κ3) is 4.90. The smallest absolute Gasteiger partial charge is 0.234 e. The van der Waals surface area contributed by atoms with E-state index in [2.05, 4.69) is 27.4 Å². The van der Waals surface area contributed by atoms with Gasteiger partial charge in [-0.15, -0.1) is 0 Å². The number of carbonyl (C=O) groups is 1. The SMILES string of the molecule is Cc1ccc(NC(=O)CSc2nc(Cc3ccccc3)c(C)[nH]2)cc1Cl. The second-order valence-electron chi connectivity index (χ2n) is 6.08. The van der Waals surface area contributed by atoms with E-state index >= 15 is 0 Å². The fourth-order valence-electron chi connectivity index (χ4n) is 2.50. The molecular weight excluding hydrogens is 366 g/mol. The van der Waals surface area contributed by atoms with E-state index in [9.17, 15) is 4.79 Å². The lowest BCUT2D eigenvalue weighted by atomic mass is 10.1. The monoisotopic (exact) mass is 385 g/mol. The van der Waals surface area contributed by atoms with Crippen molar-refractivity contribution in [1.29, 1.82) is 0 Å². The molecule has 0 radical (unpaired) electrons. The number of rotatable bonds is 6. The average molecular weight is 386 g/mol. The molecule has 0 aliphatic carbocycles. The zero-order valence-electron chi connectivity index (χ0n) is 14.7. The van der Waals surface area contributed by atoms with Crippen molar-refractivity contribution < 1.29 is 4.79 Å². The second-order valence-corrected chi connectivity index (χ2v) is 7.45. The van der Waals surface area contributed by atoms with Crippen LogP contribution in [0.15, 0.2) is 53.7 Å². The zero-order valence-corrected chi connectivity index (χ0v) is 16.2. The predicted molar refractivity (Wildman–Crippen MR) is 108 cm³/mol. The molecule has 0 aliphatic rings. The minimum Gasteiger partial charge on any atom is -0.337 e. The summed E-state index contributed by atoms with van der Waals surface area (Å²) in [6, 6.07) is 15.7. The van der Waals surface area contributed by atoms with E-state index in [0.717, 1.165) is 28.5 Å². The summed E-state index contributed by atoms with van der Waals surface area (Å²) in [7, 11) is 0. The first-order valence-electron chi connectivity index (χ1n) is 8.29. The molecule has 26 heavy (non-hydrogen) atoms. The number of hydrogen-bond donors (Lipinski definition) is 2. The Morgan fingerprint density at radius 3 is 2.69 bits per heavy atom. The van der Waals surface area contributed by atoms with Gasteiger partial charge < -0.3 is 10.3 Å². The molecule has 0 aliphatic heterocycles. The Hall–Kier alpha value is -2.24. The number of H-pyrrole nitrogens is 1. The van der Waals surface area contributed by atoms with Crippen LogP contribution in [0.4, 0.5) is 5.69 Å². The minimum absolute atomic E-state index is 0.0893. The molecule has 3 rings (SSSR count). The van der Waals surface area contributed by atoms with Crippen molar-refractivity contribution in [3.05, 3.63) is 76.1 Å². The molecule has 6 heteroatoms. The molecule has 0 spiro atoms. The number of aromatic nitrogens is 2. The van der Waals surface area contributed by atoms with Gasteiger partial charge in [0, 0.05) is 22.8 Å². The van der Waals surface area contributed by atoms with Crippen LogP contribution in [0.3, 0.4) is 0 Å². The predicted octanol–water partition coefficient (Wildman–Crippen LogP) is 5.00. The van der Waals surface area contributed by atoms with Gasteiger partial charge in [0.25, 0.3) is 0 Å². The molecule has 0 unspecified atom stereocenters. The topological polar surface area (TPSA) is 57.8 Å². The van der Waals surface area contributed by atoms with Gasteiger partial charge in [0.05, 0.1) is 11.4 Å². The van der Waals surface area contributed by atoms with Crippen molar-refractivity contribution in [3.8, 4) is 0 Å². The molecule has 2 aromatic carbocycles. The van der Waals surface area contributed by atoms with Gasteiger partial charge in [-0.25, -0.2) is 4.98 Å². The molecule has 1 heterocycles. The van der Waals surface area contributed by atoms with Gasteiger partial charge in [-0.05, 0) is 37.1 Å². The Bertz CT molecular complexity index is 909. The number of aryl methyl sites for hydroxylation is 2. The van der Waals surface area contributed by atoms with Crippen LogP contribution in [0, 0.1) is 13.8 Å². The first kappa shape index (κ1) is 18.5. The van der Waals surface area contributed by atoms with E-state index in [1.807, 2.05) is 44.2 Å². The summed E-state index contributed by atoms with van der Waals surface area (Å²) in [6.07, 6.45) is 0.776. The number of amides is 1. The van der Waals surface area contributed by atoms with Crippen molar-refractivity contribution in [1.82, 2.24) is 9.97 Å². The minimum atomic E-state index is -0.0893. The molecule has 1 aromatic heterocycles. The maximum Gasteiger partial charge on any atom is 0.234 e. The van der Waals surface area contributed by atoms with Gasteiger partial charge in [0.2, 0.25) is 5.91 Å². The standard InChI is InChI=1S/C20H20ClN3OS/c1-13-8-9-16(11-17(13)21)23-19(25)12-26-20-22-14(2)18(24-20)10-15-6-4-3-5-7-15/h3-9,11H,10,12H2,1-2H3,(H,22,24)(H,23,25). The molecule has 0 atom stereocenters. The number of nitrogens with one attached hydrogen (secondary N) is 2. The number of halogens is 1. The normalized spacial score (nSPS) is 10.7. The number of carbonyl (C=O) groups excluding carboxylic acids is 1. The molecule has 4 nitrogen and oxygen atoms in total. The summed E-state index contributed by atoms with van der Waals surface area (Å²) in [5.41, 5.74) is 4.93. The molecule has 0 saturated heterocycles. The highest BCUT2D eigenvalue weighted by atomic mass is 35.5. The van der Waals surface area contributed by atoms with Crippen molar-refractivity contribution in [3.63, 3.8) is 0 Å². The van der Waals surface area contributed by atoms with Crippen LogP contribution in [0.5, 0.6) is 0 Å². The number of benzene rings is 2. The fraction of sp³-hybridized carbons (Fsp3) is 0.200. The van der Waals surface area contributed by atoms with E-state index in [0.29, 0.717) is 10.7 Å². The van der Waals surface area contributed by atoms with Gasteiger partial charge in [-0.3, -0.25) is 4.79 Å². The van der Waals surface area contributed by atoms with Crippen LogP contribution in [0.1, 0.15) is 22.5 Å². The maximum absolute atomic E-state index is 12.1. The third-order valence-corrected chi connectivity index (χ3v) is 5.25. The summed E-state index contributed by atoms with van der Waals surface area (Å²) in [5, 5.41) is 4.25. The number of imidazole rings is 1. The van der Waals surface area contributed by atoms with E-state index in [-0.39, 0.29) is 11.7 Å². The number of aromatic amines is 1. The van der Waals surface area contributed by atoms with Crippen LogP contribution in [-0.4, -0.2) is 21.6 Å². The van der Waals surface area contributed by atoms with E-state index in [1.165, 1.54) is 17.3 Å². The Morgan fingerprint density at radius 2 is 1.96 bits per heavy atom. The third-order valence-electron chi connectivity index (χ3n) is 3.97. The molecule has 134 valence electrons. The average Bonchev–Trinajstić information content (AvgIpc) is 2.97. The highest BCUT2D eigenvalue weighted by Crippen LogP contribution is 2.22. The van der Waals surface area contributed by atoms with Crippen molar-refractivity contribution in [2.45, 2.75) is 25.4 Å². The first-order chi connectivity index (χ1) is 12.5. The van der Waals surface area contributed by atoms with Gasteiger partial charge in [-0.2, -0.15) is 0 Å². The van der Waals surface area contributed by atoms with Crippen LogP contribution in [0.2, 0.25) is 5.02 Å². The highest BCUT2D eigenvalue weighted by Gasteiger charge is 2.10. The Balaban J connectivity index is 1.56. The van der Waals surface area contributed by atoms with Crippen molar-refractivity contribution in [2.75, 3.05) is 11.1 Å². The number of hydrogen-bond acceptors (Lipinski definition) is 3. The lowest BCUT2D eigenvalue weighted by Crippen LogP contribution is -2.14. The summed E-state index contributed by atoms with van der Waals surface area (Å²) < 4.78 is 0. The highest BCUT2D eigenvalue weighted by molar-refractivity contribution is 7.99. The maximum atomic E-state index is 12.1. The number of thioether (sulfide) groups is 1. The lowest BCUT2D eigenvalue weighted by molar-refractivity contribution is -0.113. The zero-order chi connectivity index (χ0) is 18.5. The molecular formula is C20H20ClN3OS. The Labute approximate surface area is 162 Å². The molecule has 1 amide bonds. The molecule has 0 fully saturated rings.